The van der Waals surface area contributed by atoms with E-state index in [2.05, 4.69) is 80.8 Å². The predicted molar refractivity (Wildman–Crippen MR) is 93.5 cm³/mol. The maximum Gasteiger partial charge on any atom is 0.112 e. The van der Waals surface area contributed by atoms with Gasteiger partial charge in [0.05, 0.1) is 11.0 Å². The molecule has 2 nitrogen and oxygen atoms in total. The fourth-order valence-electron chi connectivity index (χ4n) is 2.89. The highest BCUT2D eigenvalue weighted by molar-refractivity contribution is 5.76. The number of nitrogens with zero attached hydrogens (tertiary/aromatic N) is 2. The quantitative estimate of drug-likeness (QED) is 0.635. The van der Waals surface area contributed by atoms with Crippen LogP contribution in [0, 0.1) is 0 Å². The second-order valence-electron chi connectivity index (χ2n) is 6.60. The number of benzene rings is 2. The summed E-state index contributed by atoms with van der Waals surface area (Å²) < 4.78 is 2.35. The van der Waals surface area contributed by atoms with E-state index in [-0.39, 0.29) is 0 Å². The molecule has 2 aromatic carbocycles. The molecule has 0 bridgehead atoms. The molecule has 0 spiro atoms. The molecule has 1 aromatic heterocycles. The third kappa shape index (κ3) is 2.78. The van der Waals surface area contributed by atoms with Gasteiger partial charge in [0.15, 0.2) is 0 Å². The molecule has 0 N–H and O–H groups in total. The number of rotatable bonds is 4. The third-order valence-electron chi connectivity index (χ3n) is 4.19. The van der Waals surface area contributed by atoms with Crippen molar-refractivity contribution in [3.63, 3.8) is 0 Å². The smallest absolute Gasteiger partial charge is 0.112 e. The van der Waals surface area contributed by atoms with E-state index < -0.39 is 0 Å². The summed E-state index contributed by atoms with van der Waals surface area (Å²) in [5, 5.41) is 0. The van der Waals surface area contributed by atoms with E-state index in [1.807, 2.05) is 0 Å². The van der Waals surface area contributed by atoms with Gasteiger partial charge in [-0.1, -0.05) is 64.1 Å². The van der Waals surface area contributed by atoms with Gasteiger partial charge in [-0.05, 0) is 29.2 Å². The summed E-state index contributed by atoms with van der Waals surface area (Å²) in [4.78, 5) is 4.82. The van der Waals surface area contributed by atoms with Crippen LogP contribution in [-0.4, -0.2) is 9.55 Å². The predicted octanol–water partition coefficient (Wildman–Crippen LogP) is 5.33. The van der Waals surface area contributed by atoms with E-state index in [1.165, 1.54) is 16.6 Å². The highest BCUT2D eigenvalue weighted by Gasteiger charge is 2.13. The molecule has 3 aromatic rings. The van der Waals surface area contributed by atoms with Gasteiger partial charge in [-0.2, -0.15) is 0 Å². The molecular weight excluding hydrogens is 268 g/mol. The second kappa shape index (κ2) is 5.96. The second-order valence-corrected chi connectivity index (χ2v) is 6.60. The largest absolute Gasteiger partial charge is 0.323 e. The molecule has 0 aliphatic carbocycles. The molecule has 0 radical (unpaired) electrons. The standard InChI is InChI=1S/C20H24N2/c1-14(2)17-11-9-16(10-12-17)13-22-19-8-6-5-7-18(19)21-20(22)15(3)4/h5-12,14-15H,13H2,1-4H3. The van der Waals surface area contributed by atoms with Crippen molar-refractivity contribution in [2.45, 2.75) is 46.1 Å². The molecule has 0 aliphatic heterocycles. The normalized spacial score (nSPS) is 11.7. The first kappa shape index (κ1) is 14.8. The molecule has 0 saturated heterocycles. The van der Waals surface area contributed by atoms with E-state index >= 15 is 0 Å². The van der Waals surface area contributed by atoms with Crippen molar-refractivity contribution in [3.8, 4) is 0 Å². The Kier molecular flexibility index (Phi) is 4.02. The SMILES string of the molecule is CC(C)c1ccc(Cn2c(C(C)C)nc3ccccc32)cc1. The molecule has 0 fully saturated rings. The molecule has 0 unspecified atom stereocenters. The molecule has 22 heavy (non-hydrogen) atoms. The number of para-hydroxylation sites is 2. The maximum atomic E-state index is 4.82. The van der Waals surface area contributed by atoms with E-state index in [9.17, 15) is 0 Å². The van der Waals surface area contributed by atoms with E-state index in [1.54, 1.807) is 0 Å². The fraction of sp³-hybridized carbons (Fsp3) is 0.350. The fourth-order valence-corrected chi connectivity index (χ4v) is 2.89. The summed E-state index contributed by atoms with van der Waals surface area (Å²) in [5.41, 5.74) is 5.03. The molecule has 114 valence electrons. The summed E-state index contributed by atoms with van der Waals surface area (Å²) in [7, 11) is 0. The molecule has 2 heteroatoms. The minimum atomic E-state index is 0.419. The van der Waals surface area contributed by atoms with Crippen LogP contribution in [0.15, 0.2) is 48.5 Å². The van der Waals surface area contributed by atoms with Crippen molar-refractivity contribution < 1.29 is 0 Å². The Morgan fingerprint density at radius 2 is 1.55 bits per heavy atom. The van der Waals surface area contributed by atoms with Crippen LogP contribution in [0.2, 0.25) is 0 Å². The number of hydrogen-bond acceptors (Lipinski definition) is 1. The van der Waals surface area contributed by atoms with E-state index in [0.29, 0.717) is 11.8 Å². The Bertz CT molecular complexity index is 764. The topological polar surface area (TPSA) is 17.8 Å². The zero-order valence-electron chi connectivity index (χ0n) is 13.9. The third-order valence-corrected chi connectivity index (χ3v) is 4.19. The lowest BCUT2D eigenvalue weighted by Crippen LogP contribution is -2.06. The summed E-state index contributed by atoms with van der Waals surface area (Å²) in [5.74, 6) is 2.16. The molecule has 0 amide bonds. The van der Waals surface area contributed by atoms with Crippen LogP contribution in [0.3, 0.4) is 0 Å². The van der Waals surface area contributed by atoms with Crippen LogP contribution in [0.5, 0.6) is 0 Å². The van der Waals surface area contributed by atoms with Gasteiger partial charge in [0.2, 0.25) is 0 Å². The highest BCUT2D eigenvalue weighted by Crippen LogP contribution is 2.23. The average Bonchev–Trinajstić information content (AvgIpc) is 2.87. The first-order valence-corrected chi connectivity index (χ1v) is 8.10. The van der Waals surface area contributed by atoms with Gasteiger partial charge in [0.1, 0.15) is 5.82 Å². The first-order chi connectivity index (χ1) is 10.6. The van der Waals surface area contributed by atoms with Crippen LogP contribution in [-0.2, 0) is 6.54 Å². The Labute approximate surface area is 132 Å². The molecule has 1 heterocycles. The van der Waals surface area contributed by atoms with Crippen LogP contribution in [0.1, 0.15) is 56.5 Å². The molecule has 0 atom stereocenters. The van der Waals surface area contributed by atoms with Gasteiger partial charge in [0, 0.05) is 12.5 Å². The minimum absolute atomic E-state index is 0.419. The zero-order chi connectivity index (χ0) is 15.7. The van der Waals surface area contributed by atoms with Crippen LogP contribution in [0.4, 0.5) is 0 Å². The molecule has 0 aliphatic rings. The van der Waals surface area contributed by atoms with Gasteiger partial charge >= 0.3 is 0 Å². The summed E-state index contributed by atoms with van der Waals surface area (Å²) in [6.07, 6.45) is 0. The van der Waals surface area contributed by atoms with Gasteiger partial charge < -0.3 is 4.57 Å². The van der Waals surface area contributed by atoms with Crippen molar-refractivity contribution in [3.05, 3.63) is 65.5 Å². The summed E-state index contributed by atoms with van der Waals surface area (Å²) >= 11 is 0. The maximum absolute atomic E-state index is 4.82. The van der Waals surface area contributed by atoms with Crippen molar-refractivity contribution in [2.24, 2.45) is 0 Å². The monoisotopic (exact) mass is 292 g/mol. The Hall–Kier alpha value is -2.09. The molecule has 0 saturated carbocycles. The van der Waals surface area contributed by atoms with Gasteiger partial charge in [-0.25, -0.2) is 4.98 Å². The molecular formula is C20H24N2. The first-order valence-electron chi connectivity index (χ1n) is 8.10. The van der Waals surface area contributed by atoms with Crippen molar-refractivity contribution >= 4 is 11.0 Å². The van der Waals surface area contributed by atoms with Gasteiger partial charge in [0.25, 0.3) is 0 Å². The lowest BCUT2D eigenvalue weighted by atomic mass is 10.0. The van der Waals surface area contributed by atoms with Crippen molar-refractivity contribution in [1.82, 2.24) is 9.55 Å². The lowest BCUT2D eigenvalue weighted by Gasteiger charge is -2.13. The van der Waals surface area contributed by atoms with Crippen LogP contribution >= 0.6 is 0 Å². The minimum Gasteiger partial charge on any atom is -0.323 e. The Morgan fingerprint density at radius 3 is 2.18 bits per heavy atom. The molecule has 3 rings (SSSR count). The lowest BCUT2D eigenvalue weighted by molar-refractivity contribution is 0.683. The average molecular weight is 292 g/mol. The Morgan fingerprint density at radius 1 is 0.864 bits per heavy atom. The Balaban J connectivity index is 2.00. The van der Waals surface area contributed by atoms with E-state index in [0.717, 1.165) is 17.9 Å². The number of fused-ring (bicyclic) bond motifs is 1. The van der Waals surface area contributed by atoms with Gasteiger partial charge in [-0.15, -0.1) is 0 Å². The number of aromatic nitrogens is 2. The van der Waals surface area contributed by atoms with E-state index in [4.69, 9.17) is 4.98 Å². The summed E-state index contributed by atoms with van der Waals surface area (Å²) in [6.45, 7) is 9.76. The van der Waals surface area contributed by atoms with Crippen LogP contribution in [0.25, 0.3) is 11.0 Å². The number of imidazole rings is 1. The number of hydrogen-bond donors (Lipinski definition) is 0. The van der Waals surface area contributed by atoms with Gasteiger partial charge in [-0.3, -0.25) is 0 Å². The summed E-state index contributed by atoms with van der Waals surface area (Å²) in [6, 6.07) is 17.4. The highest BCUT2D eigenvalue weighted by atomic mass is 15.1. The zero-order valence-corrected chi connectivity index (χ0v) is 13.9. The van der Waals surface area contributed by atoms with Crippen molar-refractivity contribution in [2.75, 3.05) is 0 Å². The van der Waals surface area contributed by atoms with Crippen molar-refractivity contribution in [1.29, 1.82) is 0 Å². The van der Waals surface area contributed by atoms with Crippen LogP contribution < -0.4 is 0 Å².